The molecule has 0 heterocycles. The highest BCUT2D eigenvalue weighted by Gasteiger charge is 2.12. The Morgan fingerprint density at radius 1 is 1.12 bits per heavy atom. The van der Waals surface area contributed by atoms with Gasteiger partial charge >= 0.3 is 0 Å². The number of phenolic OH excluding ortho intramolecular Hbond substituents is 1. The van der Waals surface area contributed by atoms with Gasteiger partial charge in [0.1, 0.15) is 0 Å². The average Bonchev–Trinajstić information content (AvgIpc) is 2.54. The van der Waals surface area contributed by atoms with E-state index in [4.69, 9.17) is 4.74 Å². The van der Waals surface area contributed by atoms with Crippen LogP contribution in [0.3, 0.4) is 0 Å². The Labute approximate surface area is 143 Å². The lowest BCUT2D eigenvalue weighted by Gasteiger charge is -2.16. The summed E-state index contributed by atoms with van der Waals surface area (Å²) >= 11 is 0. The third kappa shape index (κ3) is 6.84. The number of carbonyl (C=O) groups excluding carboxylic acids is 1. The zero-order valence-corrected chi connectivity index (χ0v) is 14.7. The third-order valence-electron chi connectivity index (χ3n) is 3.30. The van der Waals surface area contributed by atoms with Crippen molar-refractivity contribution in [2.24, 2.45) is 0 Å². The largest absolute Gasteiger partial charge is 0.504 e. The molecule has 2 rings (SSSR count). The molecule has 4 nitrogen and oxygen atoms in total. The molecular weight excluding hydrogens is 304 g/mol. The van der Waals surface area contributed by atoms with Crippen LogP contribution in [0.2, 0.25) is 0 Å². The molecular formula is C20H26O4. The first kappa shape index (κ1) is 19.7. The number of methoxy groups -OCH3 is 1. The van der Waals surface area contributed by atoms with E-state index < -0.39 is 5.60 Å². The molecule has 0 fully saturated rings. The van der Waals surface area contributed by atoms with E-state index in [2.05, 4.69) is 0 Å². The lowest BCUT2D eigenvalue weighted by Crippen LogP contribution is -2.21. The van der Waals surface area contributed by atoms with Crippen LogP contribution >= 0.6 is 0 Å². The Morgan fingerprint density at radius 3 is 2.25 bits per heavy atom. The zero-order chi connectivity index (χ0) is 18.2. The van der Waals surface area contributed by atoms with E-state index in [0.717, 1.165) is 0 Å². The highest BCUT2D eigenvalue weighted by Crippen LogP contribution is 2.26. The Balaban J connectivity index is 0.000000243. The number of ketones is 1. The topological polar surface area (TPSA) is 66.8 Å². The van der Waals surface area contributed by atoms with Crippen LogP contribution in [0.5, 0.6) is 11.5 Å². The quantitative estimate of drug-likeness (QED) is 0.813. The molecule has 0 radical (unpaired) electrons. The minimum Gasteiger partial charge on any atom is -0.504 e. The van der Waals surface area contributed by atoms with Crippen molar-refractivity contribution in [1.82, 2.24) is 0 Å². The molecule has 0 amide bonds. The van der Waals surface area contributed by atoms with E-state index in [9.17, 15) is 15.0 Å². The van der Waals surface area contributed by atoms with Crippen molar-refractivity contribution < 1.29 is 19.7 Å². The van der Waals surface area contributed by atoms with E-state index in [1.54, 1.807) is 19.1 Å². The van der Waals surface area contributed by atoms with E-state index in [0.29, 0.717) is 24.2 Å². The molecule has 0 bridgehead atoms. The number of phenols is 1. The van der Waals surface area contributed by atoms with Crippen LogP contribution in [0.1, 0.15) is 43.1 Å². The number of rotatable bonds is 5. The fourth-order valence-corrected chi connectivity index (χ4v) is 2.15. The molecule has 0 aliphatic carbocycles. The first-order valence-corrected chi connectivity index (χ1v) is 7.93. The summed E-state index contributed by atoms with van der Waals surface area (Å²) in [6.45, 7) is 5.43. The summed E-state index contributed by atoms with van der Waals surface area (Å²) in [5.74, 6) is 0.424. The molecule has 0 spiro atoms. The lowest BCUT2D eigenvalue weighted by molar-refractivity contribution is 0.0810. The molecule has 0 aliphatic rings. The van der Waals surface area contributed by atoms with Crippen LogP contribution in [0.25, 0.3) is 0 Å². The van der Waals surface area contributed by atoms with Gasteiger partial charge in [-0.05, 0) is 37.6 Å². The smallest absolute Gasteiger partial charge is 0.162 e. The fourth-order valence-electron chi connectivity index (χ4n) is 2.15. The van der Waals surface area contributed by atoms with Gasteiger partial charge in [0, 0.05) is 18.4 Å². The molecule has 0 aliphatic heterocycles. The van der Waals surface area contributed by atoms with Crippen LogP contribution < -0.4 is 4.74 Å². The van der Waals surface area contributed by atoms with E-state index >= 15 is 0 Å². The number of ether oxygens (including phenoxy) is 1. The zero-order valence-electron chi connectivity index (χ0n) is 14.7. The minimum atomic E-state index is -0.596. The van der Waals surface area contributed by atoms with E-state index in [1.807, 2.05) is 44.2 Å². The van der Waals surface area contributed by atoms with Gasteiger partial charge in [-0.15, -0.1) is 0 Å². The Kier molecular flexibility index (Phi) is 7.46. The van der Waals surface area contributed by atoms with Gasteiger partial charge in [-0.25, -0.2) is 0 Å². The molecule has 0 atom stereocenters. The van der Waals surface area contributed by atoms with Gasteiger partial charge in [0.2, 0.25) is 0 Å². The maximum absolute atomic E-state index is 11.3. The monoisotopic (exact) mass is 330 g/mol. The standard InChI is InChI=1S/C10H12O3.C10H14O/c1-3-8(11)7-4-5-9(12)10(6-7)13-2;1-10(2,11)8-9-6-4-3-5-7-9/h4-6,12H,3H2,1-2H3;3-7,11H,8H2,1-2H3. The SMILES string of the molecule is CC(C)(O)Cc1ccccc1.CCC(=O)c1ccc(O)c(OC)c1. The van der Waals surface area contributed by atoms with Crippen molar-refractivity contribution in [2.45, 2.75) is 39.2 Å². The minimum absolute atomic E-state index is 0.0401. The van der Waals surface area contributed by atoms with Gasteiger partial charge in [-0.1, -0.05) is 37.3 Å². The fraction of sp³-hybridized carbons (Fsp3) is 0.350. The molecule has 0 unspecified atom stereocenters. The third-order valence-corrected chi connectivity index (χ3v) is 3.30. The van der Waals surface area contributed by atoms with Crippen molar-refractivity contribution in [3.63, 3.8) is 0 Å². The average molecular weight is 330 g/mol. The van der Waals surface area contributed by atoms with Crippen molar-refractivity contribution >= 4 is 5.78 Å². The summed E-state index contributed by atoms with van der Waals surface area (Å²) in [5.41, 5.74) is 1.15. The Bertz CT molecular complexity index is 642. The summed E-state index contributed by atoms with van der Waals surface area (Å²) in [5, 5.41) is 18.7. The van der Waals surface area contributed by atoms with Crippen molar-refractivity contribution in [3.05, 3.63) is 59.7 Å². The number of aliphatic hydroxyl groups is 1. The summed E-state index contributed by atoms with van der Waals surface area (Å²) in [7, 11) is 1.45. The highest BCUT2D eigenvalue weighted by molar-refractivity contribution is 5.96. The first-order valence-electron chi connectivity index (χ1n) is 7.93. The lowest BCUT2D eigenvalue weighted by atomic mass is 9.99. The molecule has 0 saturated heterocycles. The number of aromatic hydroxyl groups is 1. The summed E-state index contributed by atoms with van der Waals surface area (Å²) in [6, 6.07) is 14.6. The van der Waals surface area contributed by atoms with Crippen LogP contribution in [0.15, 0.2) is 48.5 Å². The molecule has 2 N–H and O–H groups in total. The Hall–Kier alpha value is -2.33. The normalized spacial score (nSPS) is 10.5. The van der Waals surface area contributed by atoms with Crippen LogP contribution in [0.4, 0.5) is 0 Å². The predicted molar refractivity (Wildman–Crippen MR) is 95.7 cm³/mol. The molecule has 130 valence electrons. The maximum Gasteiger partial charge on any atom is 0.162 e. The highest BCUT2D eigenvalue weighted by atomic mass is 16.5. The van der Waals surface area contributed by atoms with Crippen LogP contribution in [0, 0.1) is 0 Å². The molecule has 4 heteroatoms. The molecule has 0 aromatic heterocycles. The summed E-state index contributed by atoms with van der Waals surface area (Å²) in [6.07, 6.45) is 1.17. The second-order valence-corrected chi connectivity index (χ2v) is 6.14. The van der Waals surface area contributed by atoms with E-state index in [-0.39, 0.29) is 11.5 Å². The number of benzene rings is 2. The summed E-state index contributed by atoms with van der Waals surface area (Å²) in [4.78, 5) is 11.3. The Morgan fingerprint density at radius 2 is 1.75 bits per heavy atom. The van der Waals surface area contributed by atoms with Crippen LogP contribution in [-0.4, -0.2) is 28.7 Å². The molecule has 2 aromatic carbocycles. The number of carbonyl (C=O) groups is 1. The number of Topliss-reactive ketones (excluding diaryl/α,β-unsaturated/α-hetero) is 1. The maximum atomic E-state index is 11.3. The number of hydrogen-bond donors (Lipinski definition) is 2. The number of hydrogen-bond acceptors (Lipinski definition) is 4. The van der Waals surface area contributed by atoms with Gasteiger partial charge in [-0.3, -0.25) is 4.79 Å². The first-order chi connectivity index (χ1) is 11.3. The van der Waals surface area contributed by atoms with Gasteiger partial charge in [0.25, 0.3) is 0 Å². The summed E-state index contributed by atoms with van der Waals surface area (Å²) < 4.78 is 4.88. The predicted octanol–water partition coefficient (Wildman–Crippen LogP) is 3.99. The van der Waals surface area contributed by atoms with Crippen molar-refractivity contribution in [2.75, 3.05) is 7.11 Å². The van der Waals surface area contributed by atoms with Gasteiger partial charge in [-0.2, -0.15) is 0 Å². The van der Waals surface area contributed by atoms with Crippen molar-refractivity contribution in [3.8, 4) is 11.5 Å². The second-order valence-electron chi connectivity index (χ2n) is 6.14. The molecule has 24 heavy (non-hydrogen) atoms. The van der Waals surface area contributed by atoms with Crippen molar-refractivity contribution in [1.29, 1.82) is 0 Å². The van der Waals surface area contributed by atoms with Gasteiger partial charge in [0.05, 0.1) is 12.7 Å². The van der Waals surface area contributed by atoms with Gasteiger partial charge in [0.15, 0.2) is 17.3 Å². The van der Waals surface area contributed by atoms with E-state index in [1.165, 1.54) is 18.7 Å². The molecule has 2 aromatic rings. The second kappa shape index (κ2) is 9.08. The molecule has 0 saturated carbocycles. The van der Waals surface area contributed by atoms with Crippen LogP contribution in [-0.2, 0) is 6.42 Å². The van der Waals surface area contributed by atoms with Gasteiger partial charge < -0.3 is 14.9 Å².